The summed E-state index contributed by atoms with van der Waals surface area (Å²) in [5.74, 6) is 1.93. The van der Waals surface area contributed by atoms with Gasteiger partial charge in [-0.05, 0) is 56.1 Å². The lowest BCUT2D eigenvalue weighted by Gasteiger charge is -2.13. The molecule has 7 nitrogen and oxygen atoms in total. The largest absolute Gasteiger partial charge is 0.494 e. The predicted molar refractivity (Wildman–Crippen MR) is 98.2 cm³/mol. The average Bonchev–Trinajstić information content (AvgIpc) is 2.89. The summed E-state index contributed by atoms with van der Waals surface area (Å²) in [6.45, 7) is 6.31. The van der Waals surface area contributed by atoms with Gasteiger partial charge in [0.25, 0.3) is 5.91 Å². The van der Waals surface area contributed by atoms with Gasteiger partial charge in [0, 0.05) is 5.56 Å². The van der Waals surface area contributed by atoms with Crippen LogP contribution in [0.2, 0.25) is 0 Å². The third-order valence-corrected chi connectivity index (χ3v) is 3.94. The maximum Gasteiger partial charge on any atom is 0.257 e. The van der Waals surface area contributed by atoms with Crippen LogP contribution in [0.25, 0.3) is 0 Å². The van der Waals surface area contributed by atoms with Crippen molar-refractivity contribution in [1.29, 1.82) is 0 Å². The van der Waals surface area contributed by atoms with Gasteiger partial charge in [-0.2, -0.15) is 0 Å². The van der Waals surface area contributed by atoms with Crippen molar-refractivity contribution in [3.05, 3.63) is 35.7 Å². The molecule has 1 aromatic carbocycles. The van der Waals surface area contributed by atoms with Gasteiger partial charge in [0.15, 0.2) is 5.11 Å². The van der Waals surface area contributed by atoms with Gasteiger partial charge in [0.1, 0.15) is 11.6 Å². The number of thiocarbonyl (C=S) groups is 1. The second kappa shape index (κ2) is 8.65. The third-order valence-electron chi connectivity index (χ3n) is 2.94. The summed E-state index contributed by atoms with van der Waals surface area (Å²) >= 11 is 6.72. The summed E-state index contributed by atoms with van der Waals surface area (Å²) in [4.78, 5) is 12.2. The van der Waals surface area contributed by atoms with Crippen molar-refractivity contribution in [3.8, 4) is 5.75 Å². The van der Waals surface area contributed by atoms with Crippen molar-refractivity contribution in [2.75, 3.05) is 17.8 Å². The van der Waals surface area contributed by atoms with Gasteiger partial charge in [0.2, 0.25) is 5.16 Å². The van der Waals surface area contributed by atoms with Gasteiger partial charge >= 0.3 is 0 Å². The van der Waals surface area contributed by atoms with Gasteiger partial charge in [0.05, 0.1) is 6.61 Å². The van der Waals surface area contributed by atoms with Crippen LogP contribution in [0.5, 0.6) is 5.75 Å². The number of nitrogens with one attached hydrogen (secondary N) is 2. The van der Waals surface area contributed by atoms with E-state index in [-0.39, 0.29) is 11.0 Å². The molecule has 0 saturated heterocycles. The Bertz CT molecular complexity index is 715. The van der Waals surface area contributed by atoms with Crippen molar-refractivity contribution in [2.24, 2.45) is 0 Å². The highest BCUT2D eigenvalue weighted by molar-refractivity contribution is 7.99. The molecule has 0 radical (unpaired) electrons. The number of rotatable bonds is 6. The fourth-order valence-electron chi connectivity index (χ4n) is 1.87. The number of nitrogens with zero attached hydrogens (tertiary/aromatic N) is 3. The van der Waals surface area contributed by atoms with Gasteiger partial charge < -0.3 is 4.74 Å². The van der Waals surface area contributed by atoms with Crippen LogP contribution in [-0.2, 0) is 0 Å². The number of amides is 1. The smallest absolute Gasteiger partial charge is 0.257 e. The molecular weight excluding hydrogens is 346 g/mol. The van der Waals surface area contributed by atoms with Gasteiger partial charge in [-0.3, -0.25) is 15.5 Å². The van der Waals surface area contributed by atoms with Crippen molar-refractivity contribution in [3.63, 3.8) is 0 Å². The van der Waals surface area contributed by atoms with Crippen molar-refractivity contribution >= 4 is 35.0 Å². The van der Waals surface area contributed by atoms with Crippen LogP contribution in [-0.4, -0.2) is 38.3 Å². The van der Waals surface area contributed by atoms with Gasteiger partial charge in [-0.15, -0.1) is 10.2 Å². The number of carbonyl (C=O) groups excluding carboxylic acids is 1. The third kappa shape index (κ3) is 4.68. The zero-order chi connectivity index (χ0) is 17.5. The van der Waals surface area contributed by atoms with E-state index < -0.39 is 0 Å². The number of benzene rings is 1. The molecule has 0 aliphatic rings. The molecule has 0 aliphatic heterocycles. The Morgan fingerprint density at radius 1 is 1.29 bits per heavy atom. The van der Waals surface area contributed by atoms with Crippen molar-refractivity contribution < 1.29 is 9.53 Å². The summed E-state index contributed by atoms with van der Waals surface area (Å²) in [7, 11) is 0. The second-order valence-corrected chi connectivity index (χ2v) is 6.29. The fourth-order valence-corrected chi connectivity index (χ4v) is 2.72. The molecule has 128 valence electrons. The zero-order valence-electron chi connectivity index (χ0n) is 13.7. The molecule has 0 fully saturated rings. The average molecular weight is 365 g/mol. The Labute approximate surface area is 150 Å². The Kier molecular flexibility index (Phi) is 6.56. The van der Waals surface area contributed by atoms with Crippen LogP contribution in [0.15, 0.2) is 29.4 Å². The normalized spacial score (nSPS) is 10.3. The van der Waals surface area contributed by atoms with E-state index in [0.717, 1.165) is 11.5 Å². The van der Waals surface area contributed by atoms with E-state index in [1.54, 1.807) is 35.9 Å². The number of thioether (sulfide) groups is 1. The molecule has 2 aromatic rings. The van der Waals surface area contributed by atoms with Gasteiger partial charge in [-0.1, -0.05) is 18.7 Å². The summed E-state index contributed by atoms with van der Waals surface area (Å²) < 4.78 is 7.00. The minimum atomic E-state index is -0.300. The summed E-state index contributed by atoms with van der Waals surface area (Å²) in [5, 5.41) is 11.5. The Morgan fingerprint density at radius 3 is 2.62 bits per heavy atom. The Balaban J connectivity index is 1.99. The number of carbonyl (C=O) groups is 1. The molecular formula is C15H19N5O2S2. The Hall–Kier alpha value is -2.13. The number of hydrogen-bond acceptors (Lipinski definition) is 6. The molecule has 1 amide bonds. The molecule has 2 N–H and O–H groups in total. The first-order valence-electron chi connectivity index (χ1n) is 7.45. The van der Waals surface area contributed by atoms with Crippen molar-refractivity contribution in [1.82, 2.24) is 20.2 Å². The SMILES string of the molecule is CCOc1ccc(C(=O)NC(=S)Nn2c(C)nnc2SCC)cc1. The van der Waals surface area contributed by atoms with Crippen molar-refractivity contribution in [2.45, 2.75) is 25.9 Å². The Morgan fingerprint density at radius 2 is 2.00 bits per heavy atom. The van der Waals surface area contributed by atoms with Crippen LogP contribution in [0.4, 0.5) is 0 Å². The van der Waals surface area contributed by atoms with E-state index in [4.69, 9.17) is 17.0 Å². The molecule has 0 atom stereocenters. The van der Waals surface area contributed by atoms with E-state index in [0.29, 0.717) is 23.2 Å². The highest BCUT2D eigenvalue weighted by Crippen LogP contribution is 2.14. The molecule has 0 unspecified atom stereocenters. The molecule has 9 heteroatoms. The van der Waals surface area contributed by atoms with Crippen LogP contribution in [0.1, 0.15) is 30.0 Å². The minimum absolute atomic E-state index is 0.176. The summed E-state index contributed by atoms with van der Waals surface area (Å²) in [6, 6.07) is 6.86. The van der Waals surface area contributed by atoms with E-state index in [1.165, 1.54) is 11.8 Å². The topological polar surface area (TPSA) is 81.1 Å². The van der Waals surface area contributed by atoms with E-state index in [2.05, 4.69) is 20.9 Å². The van der Waals surface area contributed by atoms with E-state index in [9.17, 15) is 4.79 Å². The predicted octanol–water partition coefficient (Wildman–Crippen LogP) is 2.36. The first-order chi connectivity index (χ1) is 11.5. The molecule has 1 aromatic heterocycles. The maximum absolute atomic E-state index is 12.2. The minimum Gasteiger partial charge on any atom is -0.494 e. The molecule has 0 bridgehead atoms. The second-order valence-electron chi connectivity index (χ2n) is 4.65. The lowest BCUT2D eigenvalue weighted by Crippen LogP contribution is -2.38. The van der Waals surface area contributed by atoms with E-state index in [1.807, 2.05) is 13.8 Å². The van der Waals surface area contributed by atoms with Crippen LogP contribution in [0.3, 0.4) is 0 Å². The fraction of sp³-hybridized carbons (Fsp3) is 0.333. The summed E-state index contributed by atoms with van der Waals surface area (Å²) in [6.07, 6.45) is 0. The molecule has 24 heavy (non-hydrogen) atoms. The lowest BCUT2D eigenvalue weighted by molar-refractivity contribution is 0.0977. The molecule has 2 rings (SSSR count). The number of aromatic nitrogens is 3. The van der Waals surface area contributed by atoms with Gasteiger partial charge in [-0.25, -0.2) is 4.68 Å². The molecule has 0 spiro atoms. The quantitative estimate of drug-likeness (QED) is 0.601. The van der Waals surface area contributed by atoms with Crippen LogP contribution >= 0.6 is 24.0 Å². The first-order valence-corrected chi connectivity index (χ1v) is 8.84. The lowest BCUT2D eigenvalue weighted by atomic mass is 10.2. The highest BCUT2D eigenvalue weighted by Gasteiger charge is 2.12. The molecule has 0 saturated carbocycles. The monoisotopic (exact) mass is 365 g/mol. The first kappa shape index (κ1) is 18.2. The number of ether oxygens (including phenoxy) is 1. The van der Waals surface area contributed by atoms with Crippen LogP contribution < -0.4 is 15.5 Å². The zero-order valence-corrected chi connectivity index (χ0v) is 15.3. The van der Waals surface area contributed by atoms with E-state index >= 15 is 0 Å². The molecule has 0 aliphatic carbocycles. The number of hydrogen-bond donors (Lipinski definition) is 2. The number of aryl methyl sites for hydroxylation is 1. The highest BCUT2D eigenvalue weighted by atomic mass is 32.2. The van der Waals surface area contributed by atoms with Crippen LogP contribution in [0, 0.1) is 6.92 Å². The molecule has 1 heterocycles. The summed E-state index contributed by atoms with van der Waals surface area (Å²) in [5.41, 5.74) is 3.41. The standard InChI is InChI=1S/C15H19N5O2S2/c1-4-22-12-8-6-11(7-9-12)13(21)16-14(23)19-20-10(3)17-18-15(20)24-5-2/h6-9H,4-5H2,1-3H3,(H2,16,19,21,23). The maximum atomic E-state index is 12.2.